The molecule has 1 amide bonds. The van der Waals surface area contributed by atoms with Gasteiger partial charge in [0.1, 0.15) is 0 Å². The third kappa shape index (κ3) is 4.91. The molecule has 0 saturated heterocycles. The molecule has 0 fully saturated rings. The highest BCUT2D eigenvalue weighted by Crippen LogP contribution is 2.14. The fraction of sp³-hybridized carbons (Fsp3) is 0.533. The van der Waals surface area contributed by atoms with Gasteiger partial charge in [-0.15, -0.1) is 0 Å². The highest BCUT2D eigenvalue weighted by Gasteiger charge is 2.14. The Hall–Kier alpha value is -1.55. The second kappa shape index (κ2) is 7.14. The van der Waals surface area contributed by atoms with Crippen molar-refractivity contribution in [3.05, 3.63) is 29.8 Å². The summed E-state index contributed by atoms with van der Waals surface area (Å²) in [6, 6.07) is 7.62. The average Bonchev–Trinajstić information content (AvgIpc) is 2.37. The van der Waals surface area contributed by atoms with Crippen molar-refractivity contribution >= 4 is 11.6 Å². The predicted molar refractivity (Wildman–Crippen MR) is 80.5 cm³/mol. The van der Waals surface area contributed by atoms with Crippen LogP contribution in [0, 0.1) is 5.92 Å². The van der Waals surface area contributed by atoms with Crippen molar-refractivity contribution < 1.29 is 4.79 Å². The second-order valence-electron chi connectivity index (χ2n) is 5.48. The first-order valence-corrected chi connectivity index (χ1v) is 6.72. The van der Waals surface area contributed by atoms with Crippen LogP contribution in [0.5, 0.6) is 0 Å². The van der Waals surface area contributed by atoms with E-state index in [1.807, 2.05) is 43.3 Å². The van der Waals surface area contributed by atoms with Crippen LogP contribution in [0.1, 0.15) is 30.6 Å². The van der Waals surface area contributed by atoms with E-state index in [-0.39, 0.29) is 11.9 Å². The lowest BCUT2D eigenvalue weighted by Gasteiger charge is -2.19. The first kappa shape index (κ1) is 15.5. The van der Waals surface area contributed by atoms with Crippen molar-refractivity contribution in [2.24, 2.45) is 11.7 Å². The Balaban J connectivity index is 2.74. The average molecular weight is 263 g/mol. The van der Waals surface area contributed by atoms with Crippen LogP contribution in [0.25, 0.3) is 0 Å². The zero-order valence-corrected chi connectivity index (χ0v) is 12.3. The molecule has 1 atom stereocenters. The molecule has 4 nitrogen and oxygen atoms in total. The minimum absolute atomic E-state index is 0.0375. The van der Waals surface area contributed by atoms with Crippen molar-refractivity contribution in [3.8, 4) is 0 Å². The van der Waals surface area contributed by atoms with Gasteiger partial charge in [0.05, 0.1) is 0 Å². The molecule has 106 valence electrons. The van der Waals surface area contributed by atoms with Crippen LogP contribution in [-0.4, -0.2) is 32.6 Å². The molecule has 0 saturated carbocycles. The van der Waals surface area contributed by atoms with E-state index >= 15 is 0 Å². The lowest BCUT2D eigenvalue weighted by atomic mass is 10.0. The maximum Gasteiger partial charge on any atom is 0.251 e. The summed E-state index contributed by atoms with van der Waals surface area (Å²) >= 11 is 0. The summed E-state index contributed by atoms with van der Waals surface area (Å²) in [6.45, 7) is 4.72. The van der Waals surface area contributed by atoms with E-state index in [0.29, 0.717) is 18.0 Å². The van der Waals surface area contributed by atoms with Gasteiger partial charge in [0, 0.05) is 37.9 Å². The number of rotatable bonds is 6. The Bertz CT molecular complexity index is 416. The Morgan fingerprint density at radius 1 is 1.37 bits per heavy atom. The molecule has 1 unspecified atom stereocenters. The van der Waals surface area contributed by atoms with Crippen LogP contribution in [0.15, 0.2) is 24.3 Å². The molecule has 0 radical (unpaired) electrons. The number of carbonyl (C=O) groups excluding carboxylic acids is 1. The Kier molecular flexibility index (Phi) is 5.83. The second-order valence-corrected chi connectivity index (χ2v) is 5.48. The topological polar surface area (TPSA) is 58.4 Å². The summed E-state index contributed by atoms with van der Waals surface area (Å²) in [5.41, 5.74) is 7.39. The third-order valence-corrected chi connectivity index (χ3v) is 3.00. The lowest BCUT2D eigenvalue weighted by Crippen LogP contribution is -2.41. The lowest BCUT2D eigenvalue weighted by molar-refractivity contribution is 0.0934. The fourth-order valence-electron chi connectivity index (χ4n) is 1.98. The molecule has 0 aliphatic heterocycles. The number of hydrogen-bond donors (Lipinski definition) is 2. The number of nitrogens with zero attached hydrogens (tertiary/aromatic N) is 1. The largest absolute Gasteiger partial charge is 0.378 e. The van der Waals surface area contributed by atoms with Crippen LogP contribution in [0.4, 0.5) is 5.69 Å². The number of amides is 1. The highest BCUT2D eigenvalue weighted by atomic mass is 16.1. The van der Waals surface area contributed by atoms with Crippen LogP contribution in [0.2, 0.25) is 0 Å². The van der Waals surface area contributed by atoms with Crippen LogP contribution in [-0.2, 0) is 0 Å². The number of hydrogen-bond acceptors (Lipinski definition) is 3. The Morgan fingerprint density at radius 3 is 2.58 bits per heavy atom. The van der Waals surface area contributed by atoms with Crippen molar-refractivity contribution in [2.45, 2.75) is 26.3 Å². The number of benzene rings is 1. The number of anilines is 1. The molecular formula is C15H25N3O. The first-order valence-electron chi connectivity index (χ1n) is 6.72. The summed E-state index contributed by atoms with van der Waals surface area (Å²) in [5.74, 6) is 0.460. The van der Waals surface area contributed by atoms with Gasteiger partial charge in [0.25, 0.3) is 5.91 Å². The zero-order chi connectivity index (χ0) is 14.4. The zero-order valence-electron chi connectivity index (χ0n) is 12.3. The third-order valence-electron chi connectivity index (χ3n) is 3.00. The summed E-state index contributed by atoms with van der Waals surface area (Å²) in [4.78, 5) is 14.2. The SMILES string of the molecule is CC(C)CC(CN)NC(=O)c1cccc(N(C)C)c1. The molecule has 1 aromatic carbocycles. The van der Waals surface area contributed by atoms with Gasteiger partial charge in [-0.1, -0.05) is 19.9 Å². The molecule has 0 spiro atoms. The summed E-state index contributed by atoms with van der Waals surface area (Å²) in [5, 5.41) is 3.00. The van der Waals surface area contributed by atoms with Gasteiger partial charge >= 0.3 is 0 Å². The minimum Gasteiger partial charge on any atom is -0.378 e. The van der Waals surface area contributed by atoms with Gasteiger partial charge in [0.2, 0.25) is 0 Å². The molecular weight excluding hydrogens is 238 g/mol. The maximum absolute atomic E-state index is 12.2. The molecule has 3 N–H and O–H groups in total. The van der Waals surface area contributed by atoms with Crippen LogP contribution in [0.3, 0.4) is 0 Å². The molecule has 0 heterocycles. The summed E-state index contributed by atoms with van der Waals surface area (Å²) in [6.07, 6.45) is 0.898. The van der Waals surface area contributed by atoms with Crippen LogP contribution < -0.4 is 16.0 Å². The molecule has 0 bridgehead atoms. The number of nitrogens with one attached hydrogen (secondary N) is 1. The molecule has 1 rings (SSSR count). The molecule has 19 heavy (non-hydrogen) atoms. The minimum atomic E-state index is -0.0557. The number of nitrogens with two attached hydrogens (primary N) is 1. The first-order chi connectivity index (χ1) is 8.93. The molecule has 4 heteroatoms. The van der Waals surface area contributed by atoms with Gasteiger partial charge < -0.3 is 16.0 Å². The Morgan fingerprint density at radius 2 is 2.05 bits per heavy atom. The maximum atomic E-state index is 12.2. The molecule has 0 aliphatic carbocycles. The van der Waals surface area contributed by atoms with Gasteiger partial charge in [-0.25, -0.2) is 0 Å². The van der Waals surface area contributed by atoms with E-state index in [2.05, 4.69) is 19.2 Å². The Labute approximate surface area is 116 Å². The molecule has 1 aromatic rings. The van der Waals surface area contributed by atoms with Gasteiger partial charge in [0.15, 0.2) is 0 Å². The van der Waals surface area contributed by atoms with E-state index < -0.39 is 0 Å². The monoisotopic (exact) mass is 263 g/mol. The standard InChI is InChI=1S/C15H25N3O/c1-11(2)8-13(10-16)17-15(19)12-6-5-7-14(9-12)18(3)4/h5-7,9,11,13H,8,10,16H2,1-4H3,(H,17,19). The van der Waals surface area contributed by atoms with E-state index in [4.69, 9.17) is 5.73 Å². The predicted octanol–water partition coefficient (Wildman–Crippen LogP) is 1.86. The highest BCUT2D eigenvalue weighted by molar-refractivity contribution is 5.95. The molecule has 0 aliphatic rings. The van der Waals surface area contributed by atoms with E-state index in [1.54, 1.807) is 0 Å². The van der Waals surface area contributed by atoms with Crippen molar-refractivity contribution in [1.82, 2.24) is 5.32 Å². The molecule has 0 aromatic heterocycles. The van der Waals surface area contributed by atoms with Crippen molar-refractivity contribution in [1.29, 1.82) is 0 Å². The van der Waals surface area contributed by atoms with E-state index in [9.17, 15) is 4.79 Å². The van der Waals surface area contributed by atoms with Crippen molar-refractivity contribution in [2.75, 3.05) is 25.5 Å². The quantitative estimate of drug-likeness (QED) is 0.823. The van der Waals surface area contributed by atoms with E-state index in [0.717, 1.165) is 12.1 Å². The number of carbonyl (C=O) groups is 1. The van der Waals surface area contributed by atoms with Gasteiger partial charge in [-0.05, 0) is 30.5 Å². The van der Waals surface area contributed by atoms with E-state index in [1.165, 1.54) is 0 Å². The summed E-state index contributed by atoms with van der Waals surface area (Å²) in [7, 11) is 3.91. The van der Waals surface area contributed by atoms with Gasteiger partial charge in [-0.2, -0.15) is 0 Å². The van der Waals surface area contributed by atoms with Crippen LogP contribution >= 0.6 is 0 Å². The normalized spacial score (nSPS) is 12.3. The smallest absolute Gasteiger partial charge is 0.251 e. The fourth-order valence-corrected chi connectivity index (χ4v) is 1.98. The van der Waals surface area contributed by atoms with Crippen molar-refractivity contribution in [3.63, 3.8) is 0 Å². The van der Waals surface area contributed by atoms with Gasteiger partial charge in [-0.3, -0.25) is 4.79 Å². The summed E-state index contributed by atoms with van der Waals surface area (Å²) < 4.78 is 0.